The summed E-state index contributed by atoms with van der Waals surface area (Å²) in [6, 6.07) is 0. The van der Waals surface area contributed by atoms with E-state index in [-0.39, 0.29) is 6.61 Å². The minimum absolute atomic E-state index is 0.00139. The van der Waals surface area contributed by atoms with E-state index in [9.17, 15) is 4.79 Å². The predicted molar refractivity (Wildman–Crippen MR) is 54.7 cm³/mol. The number of nitrogens with zero attached hydrogens (tertiary/aromatic N) is 2. The van der Waals surface area contributed by atoms with Crippen LogP contribution < -0.4 is 10.5 Å². The minimum atomic E-state index is 0.00139. The number of hydrogen-bond acceptors (Lipinski definition) is 5. The van der Waals surface area contributed by atoms with Gasteiger partial charge in [0.2, 0.25) is 5.88 Å². The number of nitrogen functional groups attached to an aromatic ring is 1. The van der Waals surface area contributed by atoms with Gasteiger partial charge in [0, 0.05) is 5.92 Å². The fourth-order valence-corrected chi connectivity index (χ4v) is 1.31. The van der Waals surface area contributed by atoms with Crippen molar-refractivity contribution in [1.82, 2.24) is 9.97 Å². The van der Waals surface area contributed by atoms with Crippen LogP contribution in [0.5, 0.6) is 5.88 Å². The maximum atomic E-state index is 10.2. The number of ether oxygens (including phenoxy) is 1. The third-order valence-corrected chi connectivity index (χ3v) is 2.39. The zero-order valence-electron chi connectivity index (χ0n) is 8.56. The first-order chi connectivity index (χ1) is 7.22. The van der Waals surface area contributed by atoms with E-state index in [0.29, 0.717) is 29.5 Å². The largest absolute Gasteiger partial charge is 0.470 e. The van der Waals surface area contributed by atoms with Crippen LogP contribution >= 0.6 is 0 Å². The first-order valence-electron chi connectivity index (χ1n) is 4.93. The number of hydrogen-bond donors (Lipinski definition) is 1. The van der Waals surface area contributed by atoms with Crippen molar-refractivity contribution in [2.75, 3.05) is 12.3 Å². The van der Waals surface area contributed by atoms with Crippen molar-refractivity contribution in [1.29, 1.82) is 0 Å². The van der Waals surface area contributed by atoms with E-state index in [2.05, 4.69) is 9.97 Å². The van der Waals surface area contributed by atoms with Gasteiger partial charge in [0.05, 0.1) is 5.56 Å². The molecule has 2 N–H and O–H groups in total. The van der Waals surface area contributed by atoms with Crippen LogP contribution in [-0.2, 0) is 4.79 Å². The zero-order valence-corrected chi connectivity index (χ0v) is 8.56. The fourth-order valence-electron chi connectivity index (χ4n) is 1.31. The smallest absolute Gasteiger partial charge is 0.222 e. The highest BCUT2D eigenvalue weighted by atomic mass is 16.5. The van der Waals surface area contributed by atoms with Crippen molar-refractivity contribution in [3.8, 4) is 5.88 Å². The Morgan fingerprint density at radius 2 is 2.27 bits per heavy atom. The van der Waals surface area contributed by atoms with Crippen LogP contribution in [-0.4, -0.2) is 22.9 Å². The molecule has 0 amide bonds. The summed E-state index contributed by atoms with van der Waals surface area (Å²) in [5.41, 5.74) is 6.43. The van der Waals surface area contributed by atoms with E-state index in [1.54, 1.807) is 6.92 Å². The molecule has 0 aliphatic heterocycles. The molecule has 1 saturated carbocycles. The summed E-state index contributed by atoms with van der Waals surface area (Å²) in [5.74, 6) is 2.02. The quantitative estimate of drug-likeness (QED) is 0.739. The zero-order chi connectivity index (χ0) is 10.8. The lowest BCUT2D eigenvalue weighted by molar-refractivity contribution is -0.109. The van der Waals surface area contributed by atoms with Gasteiger partial charge in [-0.25, -0.2) is 4.98 Å². The van der Waals surface area contributed by atoms with E-state index in [4.69, 9.17) is 10.5 Å². The number of anilines is 1. The standard InChI is InChI=1S/C10H13N3O2/c1-6-8(11)12-9(7-2-3-7)13-10(6)15-5-4-14/h4,7H,2-3,5H2,1H3,(H2,11,12,13). The van der Waals surface area contributed by atoms with Gasteiger partial charge in [-0.3, -0.25) is 4.79 Å². The van der Waals surface area contributed by atoms with Crippen LogP contribution in [0.4, 0.5) is 5.82 Å². The second kappa shape index (κ2) is 3.84. The summed E-state index contributed by atoms with van der Waals surface area (Å²) in [6.45, 7) is 1.79. The molecule has 0 bridgehead atoms. The average molecular weight is 207 g/mol. The van der Waals surface area contributed by atoms with Gasteiger partial charge < -0.3 is 10.5 Å². The Morgan fingerprint density at radius 1 is 1.53 bits per heavy atom. The minimum Gasteiger partial charge on any atom is -0.470 e. The summed E-state index contributed by atoms with van der Waals surface area (Å²) in [5, 5.41) is 0. The van der Waals surface area contributed by atoms with Gasteiger partial charge in [0.15, 0.2) is 6.29 Å². The highest BCUT2D eigenvalue weighted by Crippen LogP contribution is 2.39. The molecule has 1 aromatic rings. The molecule has 0 saturated heterocycles. The van der Waals surface area contributed by atoms with Gasteiger partial charge in [-0.05, 0) is 19.8 Å². The number of aromatic nitrogens is 2. The van der Waals surface area contributed by atoms with Gasteiger partial charge in [-0.2, -0.15) is 4.98 Å². The molecule has 0 radical (unpaired) electrons. The van der Waals surface area contributed by atoms with Crippen molar-refractivity contribution in [3.63, 3.8) is 0 Å². The molecule has 1 fully saturated rings. The molecule has 0 aromatic carbocycles. The number of aldehydes is 1. The average Bonchev–Trinajstić information content (AvgIpc) is 3.03. The van der Waals surface area contributed by atoms with Crippen molar-refractivity contribution >= 4 is 12.1 Å². The molecule has 0 atom stereocenters. The van der Waals surface area contributed by atoms with Crippen molar-refractivity contribution in [2.24, 2.45) is 0 Å². The number of carbonyl (C=O) groups is 1. The maximum Gasteiger partial charge on any atom is 0.222 e. The summed E-state index contributed by atoms with van der Waals surface area (Å²) in [4.78, 5) is 18.7. The normalized spacial score (nSPS) is 15.0. The highest BCUT2D eigenvalue weighted by Gasteiger charge is 2.28. The molecular weight excluding hydrogens is 194 g/mol. The highest BCUT2D eigenvalue weighted by molar-refractivity contribution is 5.52. The monoisotopic (exact) mass is 207 g/mol. The second-order valence-electron chi connectivity index (χ2n) is 3.65. The number of rotatable bonds is 4. The molecule has 1 aliphatic rings. The molecule has 15 heavy (non-hydrogen) atoms. The third kappa shape index (κ3) is 2.06. The Morgan fingerprint density at radius 3 is 2.87 bits per heavy atom. The van der Waals surface area contributed by atoms with E-state index in [0.717, 1.165) is 18.7 Å². The molecule has 0 unspecified atom stereocenters. The lowest BCUT2D eigenvalue weighted by Crippen LogP contribution is -2.07. The summed E-state index contributed by atoms with van der Waals surface area (Å²) >= 11 is 0. The van der Waals surface area contributed by atoms with Crippen LogP contribution in [0.3, 0.4) is 0 Å². The predicted octanol–water partition coefficient (Wildman–Crippen LogP) is 0.822. The summed E-state index contributed by atoms with van der Waals surface area (Å²) in [6.07, 6.45) is 2.90. The van der Waals surface area contributed by atoms with E-state index < -0.39 is 0 Å². The third-order valence-electron chi connectivity index (χ3n) is 2.39. The van der Waals surface area contributed by atoms with Crippen molar-refractivity contribution < 1.29 is 9.53 Å². The fraction of sp³-hybridized carbons (Fsp3) is 0.500. The van der Waals surface area contributed by atoms with Gasteiger partial charge in [0.1, 0.15) is 18.2 Å². The van der Waals surface area contributed by atoms with Gasteiger partial charge in [-0.15, -0.1) is 0 Å². The van der Waals surface area contributed by atoms with E-state index in [1.165, 1.54) is 0 Å². The van der Waals surface area contributed by atoms with Gasteiger partial charge >= 0.3 is 0 Å². The van der Waals surface area contributed by atoms with Crippen LogP contribution in [0, 0.1) is 6.92 Å². The Bertz CT molecular complexity index is 388. The topological polar surface area (TPSA) is 78.1 Å². The van der Waals surface area contributed by atoms with E-state index >= 15 is 0 Å². The molecule has 0 spiro atoms. The molecule has 80 valence electrons. The SMILES string of the molecule is Cc1c(N)nc(C2CC2)nc1OCC=O. The van der Waals surface area contributed by atoms with Crippen LogP contribution in [0.25, 0.3) is 0 Å². The Hall–Kier alpha value is -1.65. The Labute approximate surface area is 87.7 Å². The maximum absolute atomic E-state index is 10.2. The first-order valence-corrected chi connectivity index (χ1v) is 4.93. The summed E-state index contributed by atoms with van der Waals surface area (Å²) < 4.78 is 5.19. The molecule has 1 aromatic heterocycles. The van der Waals surface area contributed by atoms with Crippen molar-refractivity contribution in [2.45, 2.75) is 25.7 Å². The van der Waals surface area contributed by atoms with Gasteiger partial charge in [0.25, 0.3) is 0 Å². The number of nitrogens with two attached hydrogens (primary N) is 1. The first kappa shape index (κ1) is 9.89. The molecule has 1 aliphatic carbocycles. The molecule has 5 heteroatoms. The van der Waals surface area contributed by atoms with Crippen LogP contribution in [0.2, 0.25) is 0 Å². The van der Waals surface area contributed by atoms with E-state index in [1.807, 2.05) is 0 Å². The lowest BCUT2D eigenvalue weighted by Gasteiger charge is -2.08. The van der Waals surface area contributed by atoms with Crippen molar-refractivity contribution in [3.05, 3.63) is 11.4 Å². The Balaban J connectivity index is 2.28. The number of carbonyl (C=O) groups excluding carboxylic acids is 1. The van der Waals surface area contributed by atoms with Crippen LogP contribution in [0.15, 0.2) is 0 Å². The molecule has 1 heterocycles. The van der Waals surface area contributed by atoms with Gasteiger partial charge in [-0.1, -0.05) is 0 Å². The molecule has 2 rings (SSSR count). The second-order valence-corrected chi connectivity index (χ2v) is 3.65. The molecule has 5 nitrogen and oxygen atoms in total. The van der Waals surface area contributed by atoms with Crippen LogP contribution in [0.1, 0.15) is 30.1 Å². The lowest BCUT2D eigenvalue weighted by atomic mass is 10.3. The molecular formula is C10H13N3O2. The summed E-state index contributed by atoms with van der Waals surface area (Å²) in [7, 11) is 0. The Kier molecular flexibility index (Phi) is 2.53.